The van der Waals surface area contributed by atoms with Gasteiger partial charge in [-0.25, -0.2) is 0 Å². The molecule has 4 nitrogen and oxygen atoms in total. The molecule has 0 fully saturated rings. The van der Waals surface area contributed by atoms with Gasteiger partial charge < -0.3 is 15.2 Å². The quantitative estimate of drug-likeness (QED) is 0.789. The van der Waals surface area contributed by atoms with Gasteiger partial charge in [0.05, 0.1) is 25.3 Å². The fourth-order valence-corrected chi connectivity index (χ4v) is 1.83. The van der Waals surface area contributed by atoms with Gasteiger partial charge in [-0.15, -0.1) is 0 Å². The molecule has 0 saturated heterocycles. The number of ether oxygens (including phenoxy) is 2. The van der Waals surface area contributed by atoms with Gasteiger partial charge in [-0.05, 0) is 25.0 Å². The number of ketones is 1. The van der Waals surface area contributed by atoms with Crippen LogP contribution < -0.4 is 15.2 Å². The molecule has 0 spiro atoms. The molecule has 0 radical (unpaired) electrons. The third-order valence-electron chi connectivity index (χ3n) is 3.37. The van der Waals surface area contributed by atoms with Crippen molar-refractivity contribution in [2.75, 3.05) is 14.2 Å². The first-order valence-electron chi connectivity index (χ1n) is 6.08. The topological polar surface area (TPSA) is 61.6 Å². The van der Waals surface area contributed by atoms with E-state index in [1.54, 1.807) is 25.3 Å². The van der Waals surface area contributed by atoms with Crippen LogP contribution in [0, 0.1) is 0 Å². The number of Topliss-reactive ketones (excluding diaryl/α,β-unsaturated/α-hetero) is 1. The first-order valence-corrected chi connectivity index (χ1v) is 6.08. The van der Waals surface area contributed by atoms with Crippen LogP contribution in [0.4, 0.5) is 0 Å². The summed E-state index contributed by atoms with van der Waals surface area (Å²) in [6.07, 6.45) is 1.19. The molecule has 4 heteroatoms. The van der Waals surface area contributed by atoms with Crippen LogP contribution in [0.1, 0.15) is 37.0 Å². The van der Waals surface area contributed by atoms with Gasteiger partial charge in [0.15, 0.2) is 5.78 Å². The van der Waals surface area contributed by atoms with Gasteiger partial charge in [0.1, 0.15) is 11.5 Å². The average molecular weight is 251 g/mol. The van der Waals surface area contributed by atoms with Crippen LogP contribution in [0.15, 0.2) is 18.2 Å². The fraction of sp³-hybridized carbons (Fsp3) is 0.500. The first kappa shape index (κ1) is 14.5. The van der Waals surface area contributed by atoms with E-state index in [0.717, 1.165) is 0 Å². The van der Waals surface area contributed by atoms with Crippen LogP contribution in [0.25, 0.3) is 0 Å². The number of methoxy groups -OCH3 is 2. The Morgan fingerprint density at radius 1 is 1.22 bits per heavy atom. The van der Waals surface area contributed by atoms with E-state index in [1.165, 1.54) is 7.11 Å². The lowest BCUT2D eigenvalue weighted by Gasteiger charge is -2.25. The summed E-state index contributed by atoms with van der Waals surface area (Å²) in [6.45, 7) is 3.83. The summed E-state index contributed by atoms with van der Waals surface area (Å²) in [5, 5.41) is 0. The minimum Gasteiger partial charge on any atom is -0.497 e. The number of hydrogen-bond acceptors (Lipinski definition) is 4. The van der Waals surface area contributed by atoms with Crippen LogP contribution in [0.3, 0.4) is 0 Å². The Bertz CT molecular complexity index is 425. The van der Waals surface area contributed by atoms with Gasteiger partial charge >= 0.3 is 0 Å². The molecule has 18 heavy (non-hydrogen) atoms. The van der Waals surface area contributed by atoms with Crippen molar-refractivity contribution in [3.05, 3.63) is 23.8 Å². The SMILES string of the molecule is CCC(N)(CC)C(=O)c1ccc(OC)cc1OC. The zero-order valence-corrected chi connectivity index (χ0v) is 11.4. The molecule has 0 unspecified atom stereocenters. The summed E-state index contributed by atoms with van der Waals surface area (Å²) in [5.74, 6) is 1.06. The first-order chi connectivity index (χ1) is 8.52. The van der Waals surface area contributed by atoms with Gasteiger partial charge in [0, 0.05) is 6.07 Å². The summed E-state index contributed by atoms with van der Waals surface area (Å²) < 4.78 is 10.3. The largest absolute Gasteiger partial charge is 0.497 e. The van der Waals surface area contributed by atoms with Crippen molar-refractivity contribution in [3.63, 3.8) is 0 Å². The van der Waals surface area contributed by atoms with E-state index in [0.29, 0.717) is 29.9 Å². The number of nitrogens with two attached hydrogens (primary N) is 1. The Labute approximate surface area is 108 Å². The Kier molecular flexibility index (Phi) is 4.73. The lowest BCUT2D eigenvalue weighted by molar-refractivity contribution is 0.0876. The zero-order valence-electron chi connectivity index (χ0n) is 11.4. The maximum absolute atomic E-state index is 12.5. The standard InChI is InChI=1S/C14H21NO3/c1-5-14(15,6-2)13(16)11-8-7-10(17-3)9-12(11)18-4/h7-9H,5-6,15H2,1-4H3. The van der Waals surface area contributed by atoms with Crippen molar-refractivity contribution < 1.29 is 14.3 Å². The highest BCUT2D eigenvalue weighted by molar-refractivity contribution is 6.05. The van der Waals surface area contributed by atoms with Crippen molar-refractivity contribution in [1.82, 2.24) is 0 Å². The lowest BCUT2D eigenvalue weighted by atomic mass is 9.85. The van der Waals surface area contributed by atoms with Crippen molar-refractivity contribution in [2.24, 2.45) is 5.73 Å². The number of benzene rings is 1. The number of carbonyl (C=O) groups is 1. The van der Waals surface area contributed by atoms with Crippen LogP contribution in [0.5, 0.6) is 11.5 Å². The highest BCUT2D eigenvalue weighted by atomic mass is 16.5. The molecular weight excluding hydrogens is 230 g/mol. The normalized spacial score (nSPS) is 11.2. The molecule has 100 valence electrons. The summed E-state index contributed by atoms with van der Waals surface area (Å²) in [7, 11) is 3.10. The molecule has 0 aromatic heterocycles. The molecule has 0 amide bonds. The molecule has 0 heterocycles. The lowest BCUT2D eigenvalue weighted by Crippen LogP contribution is -2.46. The summed E-state index contributed by atoms with van der Waals surface area (Å²) in [5.41, 5.74) is 5.80. The molecule has 1 aromatic carbocycles. The van der Waals surface area contributed by atoms with Crippen molar-refractivity contribution in [3.8, 4) is 11.5 Å². The number of carbonyl (C=O) groups excluding carboxylic acids is 1. The molecule has 1 aromatic rings. The second kappa shape index (κ2) is 5.87. The van der Waals surface area contributed by atoms with E-state index in [1.807, 2.05) is 13.8 Å². The van der Waals surface area contributed by atoms with E-state index in [-0.39, 0.29) is 5.78 Å². The molecule has 0 aliphatic heterocycles. The Hall–Kier alpha value is -1.55. The molecule has 1 rings (SSSR count). The van der Waals surface area contributed by atoms with Crippen LogP contribution in [0.2, 0.25) is 0 Å². The highest BCUT2D eigenvalue weighted by Gasteiger charge is 2.32. The van der Waals surface area contributed by atoms with E-state index in [4.69, 9.17) is 15.2 Å². The van der Waals surface area contributed by atoms with Crippen molar-refractivity contribution >= 4 is 5.78 Å². The highest BCUT2D eigenvalue weighted by Crippen LogP contribution is 2.29. The number of rotatable bonds is 6. The van der Waals surface area contributed by atoms with Crippen LogP contribution in [-0.2, 0) is 0 Å². The number of hydrogen-bond donors (Lipinski definition) is 1. The molecule has 0 saturated carbocycles. The zero-order chi connectivity index (χ0) is 13.8. The smallest absolute Gasteiger partial charge is 0.186 e. The van der Waals surface area contributed by atoms with Gasteiger partial charge in [0.25, 0.3) is 0 Å². The Morgan fingerprint density at radius 2 is 1.83 bits per heavy atom. The van der Waals surface area contributed by atoms with Gasteiger partial charge in [-0.3, -0.25) is 4.79 Å². The van der Waals surface area contributed by atoms with Gasteiger partial charge in [0.2, 0.25) is 0 Å². The Morgan fingerprint density at radius 3 is 2.28 bits per heavy atom. The fourth-order valence-electron chi connectivity index (χ4n) is 1.83. The van der Waals surface area contributed by atoms with Gasteiger partial charge in [-0.1, -0.05) is 13.8 Å². The van der Waals surface area contributed by atoms with Gasteiger partial charge in [-0.2, -0.15) is 0 Å². The second-order valence-electron chi connectivity index (χ2n) is 4.26. The second-order valence-corrected chi connectivity index (χ2v) is 4.26. The van der Waals surface area contributed by atoms with E-state index in [9.17, 15) is 4.79 Å². The molecule has 0 bridgehead atoms. The van der Waals surface area contributed by atoms with Crippen molar-refractivity contribution in [1.29, 1.82) is 0 Å². The minimum atomic E-state index is -0.831. The molecule has 2 N–H and O–H groups in total. The van der Waals surface area contributed by atoms with Crippen LogP contribution >= 0.6 is 0 Å². The monoisotopic (exact) mass is 251 g/mol. The summed E-state index contributed by atoms with van der Waals surface area (Å²) >= 11 is 0. The van der Waals surface area contributed by atoms with E-state index >= 15 is 0 Å². The summed E-state index contributed by atoms with van der Waals surface area (Å²) in [4.78, 5) is 12.5. The molecule has 0 aliphatic rings. The average Bonchev–Trinajstić information content (AvgIpc) is 2.44. The third-order valence-corrected chi connectivity index (χ3v) is 3.37. The minimum absolute atomic E-state index is 0.0907. The molecular formula is C14H21NO3. The summed E-state index contributed by atoms with van der Waals surface area (Å²) in [6, 6.07) is 5.13. The predicted octanol–water partition coefficient (Wildman–Crippen LogP) is 2.40. The third kappa shape index (κ3) is 2.64. The maximum Gasteiger partial charge on any atom is 0.186 e. The van der Waals surface area contributed by atoms with Crippen molar-refractivity contribution in [2.45, 2.75) is 32.2 Å². The Balaban J connectivity index is 3.20. The van der Waals surface area contributed by atoms with Crippen LogP contribution in [-0.4, -0.2) is 25.5 Å². The molecule has 0 atom stereocenters. The van der Waals surface area contributed by atoms with E-state index < -0.39 is 5.54 Å². The maximum atomic E-state index is 12.5. The molecule has 0 aliphatic carbocycles. The predicted molar refractivity (Wildman–Crippen MR) is 71.4 cm³/mol. The van der Waals surface area contributed by atoms with E-state index in [2.05, 4.69) is 0 Å².